The number of benzene rings is 1. The second-order valence-corrected chi connectivity index (χ2v) is 11.6. The Kier molecular flexibility index (Phi) is 23.0. The van der Waals surface area contributed by atoms with Gasteiger partial charge in [0.2, 0.25) is 0 Å². The molecular weight excluding hydrogens is 465 g/mol. The number of aryl methyl sites for hydroxylation is 1. The number of rotatable bonds is 23. The molecule has 0 spiro atoms. The molecule has 0 bridgehead atoms. The minimum absolute atomic E-state index is 0. The molecule has 5 heteroatoms. The summed E-state index contributed by atoms with van der Waals surface area (Å²) in [6, 6.07) is 5.42. The van der Waals surface area contributed by atoms with Gasteiger partial charge in [-0.25, -0.2) is 0 Å². The minimum atomic E-state index is -4.17. The van der Waals surface area contributed by atoms with Crippen molar-refractivity contribution in [2.24, 2.45) is 0 Å². The summed E-state index contributed by atoms with van der Waals surface area (Å²) >= 11 is 0. The molecule has 0 heterocycles. The zero-order valence-corrected chi connectivity index (χ0v) is 25.4. The van der Waals surface area contributed by atoms with Crippen molar-refractivity contribution in [2.45, 2.75) is 160 Å². The standard InChI is InChI=1S/C30H54O3S.Mg.2H/c1-3-5-7-9-11-13-15-17-19-21-24-28-25-23-27-30(34(31,32)33)29(28)26-22-20-18-16-14-12-10-8-6-4-2;;;/h23,25,27H,3-22,24,26H2,1-2H3,(H,31,32,33);;;/q;+2;2*-1. The molecular formula is C30H56MgO3S. The van der Waals surface area contributed by atoms with Gasteiger partial charge < -0.3 is 2.85 Å². The maximum atomic E-state index is 12.0. The van der Waals surface area contributed by atoms with Crippen LogP contribution in [0.2, 0.25) is 0 Å². The first-order chi connectivity index (χ1) is 16.5. The second-order valence-electron chi connectivity index (χ2n) is 10.2. The van der Waals surface area contributed by atoms with Crippen LogP contribution in [0.15, 0.2) is 23.1 Å². The fraction of sp³-hybridized carbons (Fsp3) is 0.800. The zero-order chi connectivity index (χ0) is 24.9. The van der Waals surface area contributed by atoms with Crippen LogP contribution in [0.3, 0.4) is 0 Å². The van der Waals surface area contributed by atoms with Gasteiger partial charge in [0, 0.05) is 0 Å². The average molecular weight is 521 g/mol. The van der Waals surface area contributed by atoms with E-state index in [0.717, 1.165) is 43.2 Å². The molecule has 0 saturated carbocycles. The second kappa shape index (κ2) is 23.0. The third-order valence-corrected chi connectivity index (χ3v) is 8.03. The van der Waals surface area contributed by atoms with E-state index in [1.807, 2.05) is 0 Å². The molecule has 0 radical (unpaired) electrons. The van der Waals surface area contributed by atoms with Crippen molar-refractivity contribution in [3.63, 3.8) is 0 Å². The van der Waals surface area contributed by atoms with Crippen LogP contribution in [0, 0.1) is 0 Å². The summed E-state index contributed by atoms with van der Waals surface area (Å²) in [7, 11) is -4.17. The Labute approximate surface area is 237 Å². The fourth-order valence-corrected chi connectivity index (χ4v) is 5.76. The summed E-state index contributed by atoms with van der Waals surface area (Å²) in [4.78, 5) is 0.132. The van der Waals surface area contributed by atoms with Gasteiger partial charge in [0.15, 0.2) is 0 Å². The van der Waals surface area contributed by atoms with E-state index in [0.29, 0.717) is 0 Å². The summed E-state index contributed by atoms with van der Waals surface area (Å²) in [5.74, 6) is 0. The normalized spacial score (nSPS) is 11.5. The largest absolute Gasteiger partial charge is 2.00 e. The molecule has 0 atom stereocenters. The summed E-state index contributed by atoms with van der Waals surface area (Å²) in [6.07, 6.45) is 27.3. The van der Waals surface area contributed by atoms with Gasteiger partial charge in [-0.05, 0) is 42.9 Å². The summed E-state index contributed by atoms with van der Waals surface area (Å²) in [5, 5.41) is 0. The zero-order valence-electron chi connectivity index (χ0n) is 25.2. The average Bonchev–Trinajstić information content (AvgIpc) is 2.81. The Morgan fingerprint density at radius 1 is 0.600 bits per heavy atom. The first kappa shape index (κ1) is 34.9. The maximum Gasteiger partial charge on any atom is 2.00 e. The number of unbranched alkanes of at least 4 members (excludes halogenated alkanes) is 18. The Balaban J connectivity index is -0.00000385. The van der Waals surface area contributed by atoms with Crippen LogP contribution in [0.5, 0.6) is 0 Å². The van der Waals surface area contributed by atoms with Crippen LogP contribution in [-0.4, -0.2) is 36.0 Å². The van der Waals surface area contributed by atoms with Gasteiger partial charge >= 0.3 is 23.1 Å². The van der Waals surface area contributed by atoms with Gasteiger partial charge in [-0.1, -0.05) is 142 Å². The van der Waals surface area contributed by atoms with Gasteiger partial charge in [-0.2, -0.15) is 8.42 Å². The molecule has 1 aromatic rings. The van der Waals surface area contributed by atoms with Gasteiger partial charge in [0.05, 0.1) is 4.90 Å². The molecule has 0 aliphatic rings. The monoisotopic (exact) mass is 520 g/mol. The van der Waals surface area contributed by atoms with Crippen LogP contribution < -0.4 is 0 Å². The van der Waals surface area contributed by atoms with Crippen LogP contribution >= 0.6 is 0 Å². The quantitative estimate of drug-likeness (QED) is 0.0887. The summed E-state index contributed by atoms with van der Waals surface area (Å²) in [6.45, 7) is 4.51. The molecule has 35 heavy (non-hydrogen) atoms. The topological polar surface area (TPSA) is 54.4 Å². The van der Waals surface area contributed by atoms with Crippen molar-refractivity contribution in [3.8, 4) is 0 Å². The Morgan fingerprint density at radius 3 is 1.37 bits per heavy atom. The van der Waals surface area contributed by atoms with Crippen LogP contribution in [0.1, 0.15) is 156 Å². The Bertz CT molecular complexity index is 730. The van der Waals surface area contributed by atoms with Crippen molar-refractivity contribution >= 4 is 33.2 Å². The Morgan fingerprint density at radius 2 is 0.971 bits per heavy atom. The molecule has 1 aromatic carbocycles. The van der Waals surface area contributed by atoms with E-state index < -0.39 is 10.1 Å². The first-order valence-corrected chi connectivity index (χ1v) is 16.0. The van der Waals surface area contributed by atoms with Crippen LogP contribution in [-0.2, 0) is 23.0 Å². The molecule has 1 rings (SSSR count). The fourth-order valence-electron chi connectivity index (χ4n) is 4.96. The Hall–Kier alpha value is -0.104. The first-order valence-electron chi connectivity index (χ1n) is 14.6. The molecule has 0 fully saturated rings. The third kappa shape index (κ3) is 17.9. The third-order valence-electron chi connectivity index (χ3n) is 7.09. The van der Waals surface area contributed by atoms with Crippen LogP contribution in [0.25, 0.3) is 0 Å². The van der Waals surface area contributed by atoms with Gasteiger partial charge in [0.1, 0.15) is 0 Å². The summed E-state index contributed by atoms with van der Waals surface area (Å²) in [5.41, 5.74) is 1.98. The van der Waals surface area contributed by atoms with E-state index in [-0.39, 0.29) is 30.8 Å². The number of hydrogen-bond donors (Lipinski definition) is 1. The van der Waals surface area contributed by atoms with E-state index in [9.17, 15) is 13.0 Å². The van der Waals surface area contributed by atoms with E-state index in [2.05, 4.69) is 19.9 Å². The smallest absolute Gasteiger partial charge is 1.00 e. The van der Waals surface area contributed by atoms with E-state index in [1.165, 1.54) is 109 Å². The maximum absolute atomic E-state index is 12.0. The summed E-state index contributed by atoms with van der Waals surface area (Å²) < 4.78 is 33.7. The van der Waals surface area contributed by atoms with Crippen molar-refractivity contribution in [1.29, 1.82) is 0 Å². The number of hydrogen-bond acceptors (Lipinski definition) is 2. The van der Waals surface area contributed by atoms with Crippen LogP contribution in [0.4, 0.5) is 0 Å². The van der Waals surface area contributed by atoms with Crippen molar-refractivity contribution in [3.05, 3.63) is 29.3 Å². The van der Waals surface area contributed by atoms with Gasteiger partial charge in [0.25, 0.3) is 10.1 Å². The SMILES string of the molecule is CCCCCCCCCCCCc1cccc(S(=O)(=O)O)c1CCCCCCCCCCCC.[H-].[H-].[Mg+2]. The molecule has 0 aromatic heterocycles. The van der Waals surface area contributed by atoms with Crippen molar-refractivity contribution < 1.29 is 15.8 Å². The van der Waals surface area contributed by atoms with Gasteiger partial charge in [-0.3, -0.25) is 4.55 Å². The minimum Gasteiger partial charge on any atom is -1.00 e. The molecule has 202 valence electrons. The van der Waals surface area contributed by atoms with Gasteiger partial charge in [-0.15, -0.1) is 0 Å². The molecule has 0 amide bonds. The molecule has 0 saturated heterocycles. The molecule has 0 aliphatic carbocycles. The predicted octanol–water partition coefficient (Wildman–Crippen LogP) is 9.70. The molecule has 1 N–H and O–H groups in total. The predicted molar refractivity (Wildman–Crippen MR) is 155 cm³/mol. The van der Waals surface area contributed by atoms with Crippen molar-refractivity contribution in [2.75, 3.05) is 0 Å². The molecule has 0 unspecified atom stereocenters. The molecule has 0 aliphatic heterocycles. The molecule has 3 nitrogen and oxygen atoms in total. The van der Waals surface area contributed by atoms with E-state index in [1.54, 1.807) is 12.1 Å². The van der Waals surface area contributed by atoms with Crippen molar-refractivity contribution in [1.82, 2.24) is 0 Å². The van der Waals surface area contributed by atoms with E-state index in [4.69, 9.17) is 0 Å². The van der Waals surface area contributed by atoms with E-state index >= 15 is 0 Å².